The molecule has 1 aliphatic rings. The number of carbonyl (C=O) groups is 1. The summed E-state index contributed by atoms with van der Waals surface area (Å²) in [5.41, 5.74) is 3.01. The SMILES string of the molecule is CCCCOc1ccc([C@@H]2c3c(-c4ccccc4O)n[nH]c3C(=O)N2CCCO)cc1OCC. The first-order chi connectivity index (χ1) is 16.6. The number of aliphatic hydroxyl groups is 1. The molecular formula is C26H31N3O5. The Morgan fingerprint density at radius 1 is 1.09 bits per heavy atom. The van der Waals surface area contributed by atoms with Crippen molar-refractivity contribution < 1.29 is 24.5 Å². The molecule has 2 aromatic carbocycles. The van der Waals surface area contributed by atoms with Gasteiger partial charge in [0.25, 0.3) is 5.91 Å². The number of aromatic hydroxyl groups is 1. The maximum absolute atomic E-state index is 13.3. The monoisotopic (exact) mass is 465 g/mol. The van der Waals surface area contributed by atoms with Crippen molar-refractivity contribution in [3.05, 3.63) is 59.3 Å². The summed E-state index contributed by atoms with van der Waals surface area (Å²) in [5, 5.41) is 27.2. The van der Waals surface area contributed by atoms with Crippen LogP contribution >= 0.6 is 0 Å². The number of unbranched alkanes of at least 4 members (excludes halogenated alkanes) is 1. The number of phenolic OH excluding ortho intramolecular Hbond substituents is 1. The van der Waals surface area contributed by atoms with E-state index in [1.54, 1.807) is 23.1 Å². The smallest absolute Gasteiger partial charge is 0.273 e. The summed E-state index contributed by atoms with van der Waals surface area (Å²) in [7, 11) is 0. The van der Waals surface area contributed by atoms with Gasteiger partial charge >= 0.3 is 0 Å². The molecule has 0 unspecified atom stereocenters. The number of nitrogens with one attached hydrogen (secondary N) is 1. The van der Waals surface area contributed by atoms with Crippen LogP contribution in [0.2, 0.25) is 0 Å². The second kappa shape index (κ2) is 10.6. The third-order valence-electron chi connectivity index (χ3n) is 5.92. The lowest BCUT2D eigenvalue weighted by molar-refractivity contribution is 0.0732. The number of fused-ring (bicyclic) bond motifs is 1. The quantitative estimate of drug-likeness (QED) is 0.365. The lowest BCUT2D eigenvalue weighted by Gasteiger charge is -2.27. The van der Waals surface area contributed by atoms with E-state index in [-0.39, 0.29) is 18.3 Å². The van der Waals surface area contributed by atoms with Gasteiger partial charge < -0.3 is 24.6 Å². The van der Waals surface area contributed by atoms with E-state index in [0.29, 0.717) is 60.2 Å². The van der Waals surface area contributed by atoms with E-state index in [0.717, 1.165) is 18.4 Å². The van der Waals surface area contributed by atoms with Gasteiger partial charge in [0.2, 0.25) is 0 Å². The van der Waals surface area contributed by atoms with Crippen LogP contribution in [-0.2, 0) is 0 Å². The minimum Gasteiger partial charge on any atom is -0.507 e. The molecule has 2 heterocycles. The van der Waals surface area contributed by atoms with Crippen molar-refractivity contribution >= 4 is 5.91 Å². The number of amides is 1. The molecule has 1 aliphatic heterocycles. The van der Waals surface area contributed by atoms with E-state index in [9.17, 15) is 15.0 Å². The number of aromatic nitrogens is 2. The molecule has 0 bridgehead atoms. The lowest BCUT2D eigenvalue weighted by Crippen LogP contribution is -2.31. The standard InChI is InChI=1S/C26H31N3O5/c1-3-5-15-34-20-12-11-17(16-21(20)33-4-2)25-22-23(18-9-6-7-10-19(18)31)27-28-24(22)26(32)29(25)13-8-14-30/h6-7,9-12,16,25,30-31H,3-5,8,13-15H2,1-2H3,(H,27,28)/t25-/m1/s1. The molecule has 8 nitrogen and oxygen atoms in total. The molecule has 4 rings (SSSR count). The van der Waals surface area contributed by atoms with Gasteiger partial charge in [-0.1, -0.05) is 31.5 Å². The number of H-pyrrole nitrogens is 1. The van der Waals surface area contributed by atoms with Crippen molar-refractivity contribution in [3.8, 4) is 28.5 Å². The molecule has 1 amide bonds. The second-order valence-corrected chi connectivity index (χ2v) is 8.20. The zero-order valence-corrected chi connectivity index (χ0v) is 19.6. The Balaban J connectivity index is 1.81. The van der Waals surface area contributed by atoms with Crippen molar-refractivity contribution in [1.29, 1.82) is 0 Å². The van der Waals surface area contributed by atoms with Crippen LogP contribution in [0.4, 0.5) is 0 Å². The number of para-hydroxylation sites is 1. The molecule has 1 atom stereocenters. The molecule has 0 saturated carbocycles. The highest BCUT2D eigenvalue weighted by atomic mass is 16.5. The van der Waals surface area contributed by atoms with Crippen LogP contribution in [0.1, 0.15) is 60.8 Å². The molecule has 1 aromatic heterocycles. The van der Waals surface area contributed by atoms with Gasteiger partial charge in [0, 0.05) is 24.3 Å². The van der Waals surface area contributed by atoms with Gasteiger partial charge in [-0.15, -0.1) is 0 Å². The first kappa shape index (κ1) is 23.6. The third-order valence-corrected chi connectivity index (χ3v) is 5.92. The summed E-state index contributed by atoms with van der Waals surface area (Å²) in [4.78, 5) is 15.0. The molecule has 34 heavy (non-hydrogen) atoms. The topological polar surface area (TPSA) is 108 Å². The molecule has 0 saturated heterocycles. The van der Waals surface area contributed by atoms with Gasteiger partial charge in [-0.3, -0.25) is 9.89 Å². The number of nitrogens with zero attached hydrogens (tertiary/aromatic N) is 2. The fourth-order valence-corrected chi connectivity index (χ4v) is 4.30. The lowest BCUT2D eigenvalue weighted by atomic mass is 9.95. The number of aromatic amines is 1. The van der Waals surface area contributed by atoms with E-state index in [1.165, 1.54) is 0 Å². The van der Waals surface area contributed by atoms with Crippen LogP contribution in [-0.4, -0.2) is 57.6 Å². The van der Waals surface area contributed by atoms with Crippen LogP contribution in [0.5, 0.6) is 17.2 Å². The van der Waals surface area contributed by atoms with Gasteiger partial charge in [0.1, 0.15) is 17.1 Å². The number of hydrogen-bond acceptors (Lipinski definition) is 6. The Kier molecular flexibility index (Phi) is 7.37. The van der Waals surface area contributed by atoms with Gasteiger partial charge in [0.05, 0.1) is 19.3 Å². The van der Waals surface area contributed by atoms with E-state index in [2.05, 4.69) is 17.1 Å². The summed E-state index contributed by atoms with van der Waals surface area (Å²) < 4.78 is 11.8. The van der Waals surface area contributed by atoms with Crippen molar-refractivity contribution in [2.24, 2.45) is 0 Å². The molecule has 3 N–H and O–H groups in total. The Hall–Kier alpha value is -3.52. The fraction of sp³-hybridized carbons (Fsp3) is 0.385. The number of rotatable bonds is 11. The summed E-state index contributed by atoms with van der Waals surface area (Å²) >= 11 is 0. The maximum atomic E-state index is 13.3. The average Bonchev–Trinajstić information content (AvgIpc) is 3.38. The number of phenols is 1. The number of hydrogen-bond donors (Lipinski definition) is 3. The summed E-state index contributed by atoms with van der Waals surface area (Å²) in [6.07, 6.45) is 2.43. The van der Waals surface area contributed by atoms with Crippen molar-refractivity contribution in [2.75, 3.05) is 26.4 Å². The number of ether oxygens (including phenoxy) is 2. The minimum absolute atomic E-state index is 0.0244. The molecule has 0 spiro atoms. The first-order valence-electron chi connectivity index (χ1n) is 11.8. The maximum Gasteiger partial charge on any atom is 0.273 e. The van der Waals surface area contributed by atoms with Crippen LogP contribution in [0.15, 0.2) is 42.5 Å². The number of aliphatic hydroxyl groups excluding tert-OH is 1. The number of carbonyl (C=O) groups excluding carboxylic acids is 1. The zero-order valence-electron chi connectivity index (χ0n) is 19.6. The minimum atomic E-state index is -0.452. The highest BCUT2D eigenvalue weighted by Crippen LogP contribution is 2.45. The first-order valence-corrected chi connectivity index (χ1v) is 11.8. The molecule has 180 valence electrons. The van der Waals surface area contributed by atoms with Crippen molar-refractivity contribution in [3.63, 3.8) is 0 Å². The Morgan fingerprint density at radius 3 is 2.65 bits per heavy atom. The van der Waals surface area contributed by atoms with Gasteiger partial charge in [0.15, 0.2) is 11.5 Å². The van der Waals surface area contributed by atoms with Gasteiger partial charge in [-0.2, -0.15) is 5.10 Å². The highest BCUT2D eigenvalue weighted by Gasteiger charge is 2.42. The molecule has 3 aromatic rings. The molecular weight excluding hydrogens is 434 g/mol. The van der Waals surface area contributed by atoms with Crippen LogP contribution in [0.25, 0.3) is 11.3 Å². The van der Waals surface area contributed by atoms with E-state index < -0.39 is 6.04 Å². The molecule has 0 fully saturated rings. The Labute approximate surface area is 199 Å². The Bertz CT molecular complexity index is 1140. The third kappa shape index (κ3) is 4.46. The fourth-order valence-electron chi connectivity index (χ4n) is 4.30. The second-order valence-electron chi connectivity index (χ2n) is 8.20. The highest BCUT2D eigenvalue weighted by molar-refractivity contribution is 6.00. The zero-order chi connectivity index (χ0) is 24.1. The van der Waals surface area contributed by atoms with Gasteiger partial charge in [-0.25, -0.2) is 0 Å². The van der Waals surface area contributed by atoms with Crippen LogP contribution < -0.4 is 9.47 Å². The van der Waals surface area contributed by atoms with E-state index in [4.69, 9.17) is 9.47 Å². The van der Waals surface area contributed by atoms with E-state index in [1.807, 2.05) is 31.2 Å². The summed E-state index contributed by atoms with van der Waals surface area (Å²) in [6.45, 7) is 5.46. The van der Waals surface area contributed by atoms with Crippen molar-refractivity contribution in [2.45, 2.75) is 39.2 Å². The average molecular weight is 466 g/mol. The predicted octanol–water partition coefficient (Wildman–Crippen LogP) is 4.29. The molecule has 8 heteroatoms. The summed E-state index contributed by atoms with van der Waals surface area (Å²) in [5.74, 6) is 1.18. The van der Waals surface area contributed by atoms with Crippen LogP contribution in [0.3, 0.4) is 0 Å². The number of benzene rings is 2. The molecule has 0 aliphatic carbocycles. The molecule has 0 radical (unpaired) electrons. The van der Waals surface area contributed by atoms with Crippen LogP contribution in [0, 0.1) is 0 Å². The normalized spacial score (nSPS) is 15.0. The van der Waals surface area contributed by atoms with Gasteiger partial charge in [-0.05, 0) is 49.6 Å². The Morgan fingerprint density at radius 2 is 1.91 bits per heavy atom. The largest absolute Gasteiger partial charge is 0.507 e. The summed E-state index contributed by atoms with van der Waals surface area (Å²) in [6, 6.07) is 12.2. The van der Waals surface area contributed by atoms with E-state index >= 15 is 0 Å². The van der Waals surface area contributed by atoms with Crippen molar-refractivity contribution in [1.82, 2.24) is 15.1 Å². The predicted molar refractivity (Wildman–Crippen MR) is 128 cm³/mol.